The Bertz CT molecular complexity index is 624. The van der Waals surface area contributed by atoms with Crippen LogP contribution in [0.4, 0.5) is 0 Å². The number of benzene rings is 2. The molecule has 0 saturated carbocycles. The van der Waals surface area contributed by atoms with Gasteiger partial charge in [0.1, 0.15) is 12.4 Å². The van der Waals surface area contributed by atoms with Crippen LogP contribution in [-0.4, -0.2) is 37.7 Å². The van der Waals surface area contributed by atoms with Gasteiger partial charge in [0.05, 0.1) is 13.2 Å². The zero-order valence-electron chi connectivity index (χ0n) is 13.9. The minimum Gasteiger partial charge on any atom is -0.489 e. The summed E-state index contributed by atoms with van der Waals surface area (Å²) in [5.74, 6) is 0.925. The summed E-state index contributed by atoms with van der Waals surface area (Å²) < 4.78 is 11.3. The number of morpholine rings is 1. The monoisotopic (exact) mass is 345 g/mol. The Morgan fingerprint density at radius 1 is 1.00 bits per heavy atom. The smallest absolute Gasteiger partial charge is 0.120 e. The molecule has 0 aliphatic carbocycles. The Morgan fingerprint density at radius 2 is 1.79 bits per heavy atom. The summed E-state index contributed by atoms with van der Waals surface area (Å²) >= 11 is 5.90. The van der Waals surface area contributed by atoms with Gasteiger partial charge in [-0.05, 0) is 54.8 Å². The molecule has 0 spiro atoms. The molecule has 1 saturated heterocycles. The van der Waals surface area contributed by atoms with E-state index in [1.807, 2.05) is 30.3 Å². The summed E-state index contributed by atoms with van der Waals surface area (Å²) in [6, 6.07) is 16.2. The number of hydrogen-bond donors (Lipinski definition) is 0. The molecule has 1 heterocycles. The number of aryl methyl sites for hydroxylation is 1. The van der Waals surface area contributed by atoms with Crippen LogP contribution >= 0.6 is 11.6 Å². The van der Waals surface area contributed by atoms with Gasteiger partial charge in [0, 0.05) is 18.1 Å². The molecule has 128 valence electrons. The van der Waals surface area contributed by atoms with Crippen LogP contribution in [-0.2, 0) is 17.8 Å². The van der Waals surface area contributed by atoms with Crippen LogP contribution < -0.4 is 4.74 Å². The van der Waals surface area contributed by atoms with Gasteiger partial charge in [-0.3, -0.25) is 4.90 Å². The van der Waals surface area contributed by atoms with Crippen molar-refractivity contribution in [3.63, 3.8) is 0 Å². The van der Waals surface area contributed by atoms with Gasteiger partial charge < -0.3 is 9.47 Å². The molecule has 0 aromatic heterocycles. The summed E-state index contributed by atoms with van der Waals surface area (Å²) in [6.45, 7) is 5.56. The Morgan fingerprint density at radius 3 is 2.58 bits per heavy atom. The molecule has 2 aromatic rings. The van der Waals surface area contributed by atoms with Crippen molar-refractivity contribution in [3.8, 4) is 5.75 Å². The number of ether oxygens (including phenoxy) is 2. The summed E-state index contributed by atoms with van der Waals surface area (Å²) in [5, 5.41) is 0.751. The molecule has 3 rings (SSSR count). The summed E-state index contributed by atoms with van der Waals surface area (Å²) in [7, 11) is 0. The average molecular weight is 346 g/mol. The summed E-state index contributed by atoms with van der Waals surface area (Å²) in [5.41, 5.74) is 2.45. The summed E-state index contributed by atoms with van der Waals surface area (Å²) in [6.07, 6.45) is 2.25. The first-order chi connectivity index (χ1) is 11.8. The van der Waals surface area contributed by atoms with Gasteiger partial charge in [0.2, 0.25) is 0 Å². The van der Waals surface area contributed by atoms with E-state index in [0.717, 1.165) is 55.6 Å². The number of hydrogen-bond acceptors (Lipinski definition) is 3. The highest BCUT2D eigenvalue weighted by Gasteiger charge is 2.09. The van der Waals surface area contributed by atoms with Gasteiger partial charge in [-0.15, -0.1) is 0 Å². The van der Waals surface area contributed by atoms with E-state index in [-0.39, 0.29) is 0 Å². The van der Waals surface area contributed by atoms with E-state index >= 15 is 0 Å². The first-order valence-electron chi connectivity index (χ1n) is 8.56. The Hall–Kier alpha value is -1.55. The highest BCUT2D eigenvalue weighted by molar-refractivity contribution is 6.30. The lowest BCUT2D eigenvalue weighted by Gasteiger charge is -2.26. The zero-order valence-corrected chi connectivity index (χ0v) is 14.7. The second-order valence-electron chi connectivity index (χ2n) is 6.12. The van der Waals surface area contributed by atoms with Gasteiger partial charge in [-0.25, -0.2) is 0 Å². The maximum atomic E-state index is 5.90. The molecule has 0 radical (unpaired) electrons. The normalized spacial score (nSPS) is 15.4. The molecule has 1 aliphatic heterocycles. The molecule has 0 unspecified atom stereocenters. The lowest BCUT2D eigenvalue weighted by atomic mass is 10.1. The highest BCUT2D eigenvalue weighted by Crippen LogP contribution is 2.17. The van der Waals surface area contributed by atoms with Gasteiger partial charge in [-0.1, -0.05) is 35.9 Å². The van der Waals surface area contributed by atoms with Crippen LogP contribution in [0.1, 0.15) is 17.5 Å². The topological polar surface area (TPSA) is 21.7 Å². The van der Waals surface area contributed by atoms with Gasteiger partial charge in [0.15, 0.2) is 0 Å². The van der Waals surface area contributed by atoms with E-state index in [9.17, 15) is 0 Å². The SMILES string of the molecule is Clc1ccc(COc2cccc(CCCN3CCOCC3)c2)cc1. The van der Waals surface area contributed by atoms with E-state index in [1.165, 1.54) is 12.0 Å². The molecule has 1 fully saturated rings. The lowest BCUT2D eigenvalue weighted by Crippen LogP contribution is -2.36. The minimum absolute atomic E-state index is 0.564. The molecule has 2 aromatic carbocycles. The van der Waals surface area contributed by atoms with Crippen LogP contribution in [0.3, 0.4) is 0 Å². The minimum atomic E-state index is 0.564. The average Bonchev–Trinajstić information content (AvgIpc) is 2.63. The van der Waals surface area contributed by atoms with Gasteiger partial charge in [-0.2, -0.15) is 0 Å². The lowest BCUT2D eigenvalue weighted by molar-refractivity contribution is 0.0374. The molecular formula is C20H24ClNO2. The van der Waals surface area contributed by atoms with Crippen LogP contribution in [0.15, 0.2) is 48.5 Å². The second kappa shape index (κ2) is 9.07. The quantitative estimate of drug-likeness (QED) is 0.751. The fourth-order valence-electron chi connectivity index (χ4n) is 2.87. The van der Waals surface area contributed by atoms with E-state index < -0.39 is 0 Å². The van der Waals surface area contributed by atoms with Gasteiger partial charge in [0.25, 0.3) is 0 Å². The molecule has 4 heteroatoms. The third kappa shape index (κ3) is 5.52. The Balaban J connectivity index is 1.45. The van der Waals surface area contributed by atoms with Crippen molar-refractivity contribution in [1.29, 1.82) is 0 Å². The van der Waals surface area contributed by atoms with Crippen molar-refractivity contribution >= 4 is 11.6 Å². The fourth-order valence-corrected chi connectivity index (χ4v) is 3.00. The number of rotatable bonds is 7. The van der Waals surface area contributed by atoms with Crippen molar-refractivity contribution in [2.45, 2.75) is 19.4 Å². The third-order valence-electron chi connectivity index (χ3n) is 4.26. The maximum absolute atomic E-state index is 5.90. The zero-order chi connectivity index (χ0) is 16.6. The van der Waals surface area contributed by atoms with E-state index in [2.05, 4.69) is 23.1 Å². The largest absolute Gasteiger partial charge is 0.489 e. The van der Waals surface area contributed by atoms with Crippen molar-refractivity contribution < 1.29 is 9.47 Å². The van der Waals surface area contributed by atoms with Crippen LogP contribution in [0.25, 0.3) is 0 Å². The van der Waals surface area contributed by atoms with Crippen molar-refractivity contribution in [2.24, 2.45) is 0 Å². The van der Waals surface area contributed by atoms with E-state index in [1.54, 1.807) is 0 Å². The number of halogens is 1. The molecular weight excluding hydrogens is 322 g/mol. The molecule has 0 N–H and O–H groups in total. The predicted molar refractivity (Wildman–Crippen MR) is 97.8 cm³/mol. The Labute approximate surface area is 149 Å². The summed E-state index contributed by atoms with van der Waals surface area (Å²) in [4.78, 5) is 2.48. The molecule has 0 atom stereocenters. The van der Waals surface area contributed by atoms with Crippen LogP contribution in [0.2, 0.25) is 5.02 Å². The van der Waals surface area contributed by atoms with Crippen molar-refractivity contribution in [2.75, 3.05) is 32.8 Å². The van der Waals surface area contributed by atoms with E-state index in [4.69, 9.17) is 21.1 Å². The van der Waals surface area contributed by atoms with Crippen LogP contribution in [0.5, 0.6) is 5.75 Å². The first kappa shape index (κ1) is 17.3. The number of nitrogens with zero attached hydrogens (tertiary/aromatic N) is 1. The van der Waals surface area contributed by atoms with Gasteiger partial charge >= 0.3 is 0 Å². The fraction of sp³-hybridized carbons (Fsp3) is 0.400. The van der Waals surface area contributed by atoms with Crippen molar-refractivity contribution in [1.82, 2.24) is 4.90 Å². The molecule has 0 amide bonds. The molecule has 0 bridgehead atoms. The maximum Gasteiger partial charge on any atom is 0.120 e. The molecule has 1 aliphatic rings. The highest BCUT2D eigenvalue weighted by atomic mass is 35.5. The third-order valence-corrected chi connectivity index (χ3v) is 4.51. The predicted octanol–water partition coefficient (Wildman–Crippen LogP) is 4.18. The molecule has 24 heavy (non-hydrogen) atoms. The first-order valence-corrected chi connectivity index (χ1v) is 8.94. The van der Waals surface area contributed by atoms with Crippen LogP contribution in [0, 0.1) is 0 Å². The standard InChI is InChI=1S/C20H24ClNO2/c21-19-8-6-18(7-9-19)16-24-20-5-1-3-17(15-20)4-2-10-22-11-13-23-14-12-22/h1,3,5-9,15H,2,4,10-14,16H2. The second-order valence-corrected chi connectivity index (χ2v) is 6.56. The van der Waals surface area contributed by atoms with E-state index in [0.29, 0.717) is 6.61 Å². The molecule has 3 nitrogen and oxygen atoms in total. The Kier molecular flexibility index (Phi) is 6.53. The van der Waals surface area contributed by atoms with Crippen molar-refractivity contribution in [3.05, 3.63) is 64.7 Å².